The number of amides is 1. The topological polar surface area (TPSA) is 59.1 Å². The first-order chi connectivity index (χ1) is 10.1. The molecule has 0 aromatic carbocycles. The van der Waals surface area contributed by atoms with E-state index in [9.17, 15) is 9.59 Å². The van der Waals surface area contributed by atoms with E-state index < -0.39 is 6.04 Å². The Morgan fingerprint density at radius 1 is 1.14 bits per heavy atom. The van der Waals surface area contributed by atoms with Crippen molar-refractivity contribution in [2.75, 3.05) is 40.0 Å². The lowest BCUT2D eigenvalue weighted by Gasteiger charge is -2.38. The Morgan fingerprint density at radius 2 is 1.81 bits per heavy atom. The number of carbonyl (C=O) groups excluding carboxylic acids is 2. The maximum atomic E-state index is 12.7. The number of esters is 1. The zero-order valence-corrected chi connectivity index (χ0v) is 13.0. The number of morpholine rings is 1. The van der Waals surface area contributed by atoms with Gasteiger partial charge in [-0.05, 0) is 19.8 Å². The van der Waals surface area contributed by atoms with Crippen LogP contribution in [0.2, 0.25) is 0 Å². The predicted octanol–water partition coefficient (Wildman–Crippen LogP) is 0.651. The number of likely N-dealkylation sites (tertiary alicyclic amines) is 1. The monoisotopic (exact) mass is 298 g/mol. The van der Waals surface area contributed by atoms with E-state index >= 15 is 0 Å². The molecule has 0 radical (unpaired) electrons. The molecule has 2 fully saturated rings. The van der Waals surface area contributed by atoms with Crippen molar-refractivity contribution in [1.82, 2.24) is 9.80 Å². The van der Waals surface area contributed by atoms with Crippen LogP contribution in [0.1, 0.15) is 32.6 Å². The second-order valence-corrected chi connectivity index (χ2v) is 5.77. The van der Waals surface area contributed by atoms with E-state index in [1.54, 1.807) is 0 Å². The predicted molar refractivity (Wildman–Crippen MR) is 77.8 cm³/mol. The Kier molecular flexibility index (Phi) is 5.99. The molecule has 0 spiro atoms. The summed E-state index contributed by atoms with van der Waals surface area (Å²) >= 11 is 0. The van der Waals surface area contributed by atoms with Crippen molar-refractivity contribution in [1.29, 1.82) is 0 Å². The molecule has 0 aromatic rings. The molecule has 0 saturated carbocycles. The number of rotatable bonds is 3. The summed E-state index contributed by atoms with van der Waals surface area (Å²) in [6, 6.07) is -0.786. The van der Waals surface area contributed by atoms with Crippen LogP contribution < -0.4 is 0 Å². The average Bonchev–Trinajstić information content (AvgIpc) is 2.82. The van der Waals surface area contributed by atoms with Crippen LogP contribution in [0.25, 0.3) is 0 Å². The molecule has 0 N–H and O–H groups in total. The third-order valence-corrected chi connectivity index (χ3v) is 4.42. The first-order valence-electron chi connectivity index (χ1n) is 7.85. The number of nitrogens with zero attached hydrogens (tertiary/aromatic N) is 2. The van der Waals surface area contributed by atoms with E-state index in [-0.39, 0.29) is 17.9 Å². The van der Waals surface area contributed by atoms with E-state index in [2.05, 4.69) is 0 Å². The van der Waals surface area contributed by atoms with Gasteiger partial charge in [0, 0.05) is 19.6 Å². The third kappa shape index (κ3) is 3.95. The second kappa shape index (κ2) is 7.75. The lowest BCUT2D eigenvalue weighted by molar-refractivity contribution is -0.158. The van der Waals surface area contributed by atoms with Gasteiger partial charge in [-0.2, -0.15) is 0 Å². The minimum atomic E-state index is -0.477. The zero-order valence-electron chi connectivity index (χ0n) is 13.0. The Balaban J connectivity index is 2.03. The van der Waals surface area contributed by atoms with Crippen LogP contribution in [-0.4, -0.2) is 73.7 Å². The summed E-state index contributed by atoms with van der Waals surface area (Å²) in [4.78, 5) is 28.4. The fourth-order valence-corrected chi connectivity index (χ4v) is 3.12. The smallest absolute Gasteiger partial charge is 0.325 e. The Hall–Kier alpha value is -1.14. The molecule has 2 atom stereocenters. The molecule has 0 aromatic heterocycles. The third-order valence-electron chi connectivity index (χ3n) is 4.42. The zero-order chi connectivity index (χ0) is 15.2. The fraction of sp³-hybridized carbons (Fsp3) is 0.867. The van der Waals surface area contributed by atoms with Gasteiger partial charge in [-0.3, -0.25) is 14.5 Å². The first-order valence-corrected chi connectivity index (χ1v) is 7.85. The van der Waals surface area contributed by atoms with Gasteiger partial charge in [0.05, 0.1) is 26.4 Å². The van der Waals surface area contributed by atoms with Gasteiger partial charge in [-0.15, -0.1) is 0 Å². The molecule has 2 unspecified atom stereocenters. The minimum Gasteiger partial charge on any atom is -0.468 e. The summed E-state index contributed by atoms with van der Waals surface area (Å²) < 4.78 is 10.2. The molecule has 6 nitrogen and oxygen atoms in total. The number of hydrogen-bond donors (Lipinski definition) is 0. The molecule has 0 aliphatic carbocycles. The fourth-order valence-electron chi connectivity index (χ4n) is 3.12. The normalized spacial score (nSPS) is 26.0. The van der Waals surface area contributed by atoms with Crippen LogP contribution in [-0.2, 0) is 19.1 Å². The van der Waals surface area contributed by atoms with Crippen LogP contribution in [0, 0.1) is 0 Å². The molecule has 120 valence electrons. The van der Waals surface area contributed by atoms with E-state index in [1.165, 1.54) is 20.0 Å². The van der Waals surface area contributed by atoms with Gasteiger partial charge < -0.3 is 14.4 Å². The molecular weight excluding hydrogens is 272 g/mol. The van der Waals surface area contributed by atoms with Crippen LogP contribution in [0.5, 0.6) is 0 Å². The van der Waals surface area contributed by atoms with Crippen molar-refractivity contribution in [3.63, 3.8) is 0 Å². The standard InChI is InChI=1S/C15H26N2O4/c1-12(14(18)16-7-5-3-4-6-8-16)17-9-10-21-11-13(17)15(19)20-2/h12-13H,3-11H2,1-2H3. The largest absolute Gasteiger partial charge is 0.468 e. The van der Waals surface area contributed by atoms with Crippen molar-refractivity contribution in [2.45, 2.75) is 44.7 Å². The van der Waals surface area contributed by atoms with Gasteiger partial charge in [-0.25, -0.2) is 0 Å². The molecule has 2 heterocycles. The van der Waals surface area contributed by atoms with E-state index in [4.69, 9.17) is 9.47 Å². The highest BCUT2D eigenvalue weighted by molar-refractivity contribution is 5.83. The van der Waals surface area contributed by atoms with Crippen LogP contribution in [0.3, 0.4) is 0 Å². The Bertz CT molecular complexity index is 367. The van der Waals surface area contributed by atoms with Gasteiger partial charge in [0.1, 0.15) is 6.04 Å². The quantitative estimate of drug-likeness (QED) is 0.716. The highest BCUT2D eigenvalue weighted by Gasteiger charge is 2.37. The lowest BCUT2D eigenvalue weighted by atomic mass is 10.1. The Labute approximate surface area is 126 Å². The summed E-state index contributed by atoms with van der Waals surface area (Å²) in [7, 11) is 1.37. The van der Waals surface area contributed by atoms with Crippen molar-refractivity contribution < 1.29 is 19.1 Å². The number of hydrogen-bond acceptors (Lipinski definition) is 5. The van der Waals surface area contributed by atoms with Crippen molar-refractivity contribution in [3.8, 4) is 0 Å². The van der Waals surface area contributed by atoms with Crippen molar-refractivity contribution in [2.24, 2.45) is 0 Å². The van der Waals surface area contributed by atoms with Crippen LogP contribution in [0.4, 0.5) is 0 Å². The molecule has 6 heteroatoms. The SMILES string of the molecule is COC(=O)C1COCCN1C(C)C(=O)N1CCCCCC1. The number of ether oxygens (including phenoxy) is 2. The lowest BCUT2D eigenvalue weighted by Crippen LogP contribution is -2.58. The maximum absolute atomic E-state index is 12.7. The molecule has 1 amide bonds. The van der Waals surface area contributed by atoms with Gasteiger partial charge in [0.25, 0.3) is 0 Å². The van der Waals surface area contributed by atoms with Gasteiger partial charge in [-0.1, -0.05) is 12.8 Å². The van der Waals surface area contributed by atoms with Gasteiger partial charge in [0.15, 0.2) is 0 Å². The molecule has 2 rings (SSSR count). The highest BCUT2D eigenvalue weighted by atomic mass is 16.5. The summed E-state index contributed by atoms with van der Waals surface area (Å²) in [5.74, 6) is -0.210. The average molecular weight is 298 g/mol. The molecule has 2 aliphatic heterocycles. The van der Waals surface area contributed by atoms with Crippen LogP contribution in [0.15, 0.2) is 0 Å². The Morgan fingerprint density at radius 3 is 2.43 bits per heavy atom. The minimum absolute atomic E-state index is 0.118. The summed E-state index contributed by atoms with van der Waals surface area (Å²) in [6.07, 6.45) is 4.53. The van der Waals surface area contributed by atoms with E-state index in [0.717, 1.165) is 25.9 Å². The molecule has 2 aliphatic rings. The highest BCUT2D eigenvalue weighted by Crippen LogP contribution is 2.17. The van der Waals surface area contributed by atoms with Crippen LogP contribution >= 0.6 is 0 Å². The maximum Gasteiger partial charge on any atom is 0.325 e. The summed E-state index contributed by atoms with van der Waals surface area (Å²) in [6.45, 7) is 4.97. The first kappa shape index (κ1) is 16.2. The molecule has 0 bridgehead atoms. The number of carbonyl (C=O) groups is 2. The van der Waals surface area contributed by atoms with Crippen molar-refractivity contribution >= 4 is 11.9 Å². The van der Waals surface area contributed by atoms with Gasteiger partial charge in [0.2, 0.25) is 5.91 Å². The summed E-state index contributed by atoms with van der Waals surface area (Å²) in [5, 5.41) is 0. The van der Waals surface area contributed by atoms with E-state index in [1.807, 2.05) is 16.7 Å². The summed E-state index contributed by atoms with van der Waals surface area (Å²) in [5.41, 5.74) is 0. The van der Waals surface area contributed by atoms with Crippen molar-refractivity contribution in [3.05, 3.63) is 0 Å². The number of methoxy groups -OCH3 is 1. The molecule has 2 saturated heterocycles. The molecular formula is C15H26N2O4. The van der Waals surface area contributed by atoms with E-state index in [0.29, 0.717) is 19.8 Å². The molecule has 21 heavy (non-hydrogen) atoms. The second-order valence-electron chi connectivity index (χ2n) is 5.77. The van der Waals surface area contributed by atoms with Gasteiger partial charge >= 0.3 is 5.97 Å².